The smallest absolute Gasteiger partial charge is 0.328 e. The van der Waals surface area contributed by atoms with Crippen LogP contribution >= 0.6 is 0 Å². The number of carboxylic acid groups (broad SMARTS) is 2. The first-order valence-electron chi connectivity index (χ1n) is 12.4. The maximum absolute atomic E-state index is 12.7. The number of carbonyl (C=O) groups excluding carboxylic acids is 1. The van der Waals surface area contributed by atoms with Crippen molar-refractivity contribution in [2.75, 3.05) is 13.1 Å². The van der Waals surface area contributed by atoms with Gasteiger partial charge in [-0.15, -0.1) is 0 Å². The van der Waals surface area contributed by atoms with E-state index >= 15 is 0 Å². The highest BCUT2D eigenvalue weighted by Crippen LogP contribution is 2.27. The second kappa shape index (κ2) is 12.2. The first-order chi connectivity index (χ1) is 17.9. The van der Waals surface area contributed by atoms with Crippen LogP contribution in [0.5, 0.6) is 0 Å². The van der Waals surface area contributed by atoms with Crippen LogP contribution in [0.25, 0.3) is 5.69 Å². The van der Waals surface area contributed by atoms with E-state index in [2.05, 4.69) is 64.6 Å². The Morgan fingerprint density at radius 3 is 2.35 bits per heavy atom. The molecule has 2 unspecified atom stereocenters. The lowest BCUT2D eigenvalue weighted by atomic mass is 9.89. The lowest BCUT2D eigenvalue weighted by Gasteiger charge is -2.33. The molecule has 2 aliphatic heterocycles. The van der Waals surface area contributed by atoms with Crippen LogP contribution in [0.1, 0.15) is 34.5 Å². The fourth-order valence-electron chi connectivity index (χ4n) is 5.01. The first kappa shape index (κ1) is 25.9. The van der Waals surface area contributed by atoms with E-state index in [1.54, 1.807) is 0 Å². The largest absolute Gasteiger partial charge is 0.478 e. The van der Waals surface area contributed by atoms with Gasteiger partial charge in [-0.05, 0) is 61.2 Å². The van der Waals surface area contributed by atoms with E-state index in [9.17, 15) is 14.4 Å². The van der Waals surface area contributed by atoms with Gasteiger partial charge in [-0.3, -0.25) is 4.79 Å². The van der Waals surface area contributed by atoms with Crippen molar-refractivity contribution < 1.29 is 24.6 Å². The molecule has 3 heterocycles. The Bertz CT molecular complexity index is 1250. The monoisotopic (exact) mass is 501 g/mol. The molecule has 0 saturated carbocycles. The summed E-state index contributed by atoms with van der Waals surface area (Å²) in [7, 11) is 0. The molecule has 0 bridgehead atoms. The molecule has 0 radical (unpaired) electrons. The summed E-state index contributed by atoms with van der Waals surface area (Å²) < 4.78 is 2.28. The van der Waals surface area contributed by atoms with Crippen LogP contribution in [0.4, 0.5) is 0 Å². The number of benzene rings is 2. The third kappa shape index (κ3) is 6.95. The number of carboxylic acids is 2. The van der Waals surface area contributed by atoms with Crippen molar-refractivity contribution in [3.63, 3.8) is 0 Å². The van der Waals surface area contributed by atoms with E-state index in [-0.39, 0.29) is 5.91 Å². The Labute approximate surface area is 215 Å². The van der Waals surface area contributed by atoms with Gasteiger partial charge in [-0.1, -0.05) is 36.4 Å². The van der Waals surface area contributed by atoms with Gasteiger partial charge in [0.2, 0.25) is 0 Å². The average Bonchev–Trinajstić information content (AvgIpc) is 3.48. The molecule has 37 heavy (non-hydrogen) atoms. The number of piperidine rings is 1. The van der Waals surface area contributed by atoms with Gasteiger partial charge in [0.25, 0.3) is 5.91 Å². The van der Waals surface area contributed by atoms with Gasteiger partial charge >= 0.3 is 11.9 Å². The van der Waals surface area contributed by atoms with Crippen molar-refractivity contribution in [2.24, 2.45) is 5.92 Å². The third-order valence-corrected chi connectivity index (χ3v) is 6.67. The first-order valence-corrected chi connectivity index (χ1v) is 12.4. The maximum Gasteiger partial charge on any atom is 0.328 e. The number of rotatable bonds is 7. The second-order valence-electron chi connectivity index (χ2n) is 9.30. The molecule has 192 valence electrons. The topological polar surface area (TPSA) is 112 Å². The minimum atomic E-state index is -1.26. The number of fused-ring (bicyclic) bond motifs is 1. The Hall–Kier alpha value is -4.17. The molecule has 1 amide bonds. The van der Waals surface area contributed by atoms with E-state index in [0.717, 1.165) is 44.5 Å². The molecule has 2 aliphatic rings. The predicted octanol–water partition coefficient (Wildman–Crippen LogP) is 3.76. The molecule has 3 aromatic rings. The third-order valence-electron chi connectivity index (χ3n) is 6.67. The van der Waals surface area contributed by atoms with Gasteiger partial charge in [0.05, 0.1) is 0 Å². The molecule has 1 fully saturated rings. The van der Waals surface area contributed by atoms with E-state index in [1.807, 2.05) is 23.1 Å². The number of nitrogens with zero attached hydrogens (tertiary/aromatic N) is 2. The average molecular weight is 502 g/mol. The lowest BCUT2D eigenvalue weighted by Crippen LogP contribution is -2.43. The fraction of sp³-hybridized carbons (Fsp3) is 0.276. The number of amides is 1. The molecule has 1 saturated heterocycles. The summed E-state index contributed by atoms with van der Waals surface area (Å²) in [5.41, 5.74) is 4.60. The Morgan fingerprint density at radius 2 is 1.65 bits per heavy atom. The molecular weight excluding hydrogens is 470 g/mol. The fourth-order valence-corrected chi connectivity index (χ4v) is 5.01. The summed E-state index contributed by atoms with van der Waals surface area (Å²) in [6.45, 7) is 2.65. The van der Waals surface area contributed by atoms with Crippen LogP contribution in [-0.2, 0) is 22.6 Å². The Balaban J connectivity index is 0.000000349. The van der Waals surface area contributed by atoms with E-state index in [4.69, 9.17) is 10.2 Å². The van der Waals surface area contributed by atoms with Gasteiger partial charge in [-0.2, -0.15) is 0 Å². The summed E-state index contributed by atoms with van der Waals surface area (Å²) in [5, 5.41) is 19.3. The minimum absolute atomic E-state index is 0.202. The van der Waals surface area contributed by atoms with Crippen LogP contribution in [0.15, 0.2) is 85.1 Å². The standard InChI is InChI=1S/C25H27N3O.C4H4O4/c29-25-24-11-5-4-7-20(24)18-27(25)17-19-12-13-26-21(15-19)16-23-10-6-14-28(23)22-8-2-1-3-9-22;5-3(6)1-2-4(7)8/h1-11,14,19,21,26H,12-13,15-18H2;1-2H,(H,5,6)(H,7,8)/b;2-1+. The van der Waals surface area contributed by atoms with Crippen LogP contribution in [-0.4, -0.2) is 56.7 Å². The van der Waals surface area contributed by atoms with Crippen LogP contribution in [0.3, 0.4) is 0 Å². The van der Waals surface area contributed by atoms with Gasteiger partial charge in [0.1, 0.15) is 0 Å². The van der Waals surface area contributed by atoms with Crippen molar-refractivity contribution >= 4 is 17.8 Å². The molecule has 8 nitrogen and oxygen atoms in total. The van der Waals surface area contributed by atoms with Gasteiger partial charge in [0.15, 0.2) is 0 Å². The summed E-state index contributed by atoms with van der Waals surface area (Å²) in [4.78, 5) is 33.9. The number of para-hydroxylation sites is 1. The molecule has 0 aliphatic carbocycles. The maximum atomic E-state index is 12.7. The number of hydrogen-bond acceptors (Lipinski definition) is 4. The molecule has 2 atom stereocenters. The molecule has 0 spiro atoms. The van der Waals surface area contributed by atoms with Crippen LogP contribution in [0, 0.1) is 5.92 Å². The summed E-state index contributed by atoms with van der Waals surface area (Å²) >= 11 is 0. The zero-order valence-corrected chi connectivity index (χ0v) is 20.5. The quantitative estimate of drug-likeness (QED) is 0.425. The number of nitrogens with one attached hydrogen (secondary N) is 1. The zero-order valence-electron chi connectivity index (χ0n) is 20.5. The highest BCUT2D eigenvalue weighted by molar-refractivity contribution is 5.98. The highest BCUT2D eigenvalue weighted by atomic mass is 16.4. The molecule has 1 aromatic heterocycles. The highest BCUT2D eigenvalue weighted by Gasteiger charge is 2.31. The van der Waals surface area contributed by atoms with Gasteiger partial charge in [-0.25, -0.2) is 9.59 Å². The number of aliphatic carboxylic acids is 2. The van der Waals surface area contributed by atoms with Crippen molar-refractivity contribution in [1.29, 1.82) is 0 Å². The van der Waals surface area contributed by atoms with Crippen molar-refractivity contribution in [1.82, 2.24) is 14.8 Å². The van der Waals surface area contributed by atoms with Crippen molar-refractivity contribution in [3.05, 3.63) is 102 Å². The van der Waals surface area contributed by atoms with Gasteiger partial charge in [0, 0.05) is 60.8 Å². The predicted molar refractivity (Wildman–Crippen MR) is 140 cm³/mol. The minimum Gasteiger partial charge on any atom is -0.478 e. The zero-order chi connectivity index (χ0) is 26.2. The van der Waals surface area contributed by atoms with Crippen LogP contribution in [0.2, 0.25) is 0 Å². The van der Waals surface area contributed by atoms with E-state index in [1.165, 1.54) is 16.9 Å². The Kier molecular flexibility index (Phi) is 8.53. The summed E-state index contributed by atoms with van der Waals surface area (Å²) in [6.07, 6.45) is 6.51. The number of hydrogen-bond donors (Lipinski definition) is 3. The summed E-state index contributed by atoms with van der Waals surface area (Å²) in [5.74, 6) is -1.76. The van der Waals surface area contributed by atoms with Gasteiger partial charge < -0.3 is 25.0 Å². The van der Waals surface area contributed by atoms with E-state index in [0.29, 0.717) is 24.1 Å². The van der Waals surface area contributed by atoms with Crippen molar-refractivity contribution in [3.8, 4) is 5.69 Å². The van der Waals surface area contributed by atoms with Crippen molar-refractivity contribution in [2.45, 2.75) is 31.8 Å². The molecule has 8 heteroatoms. The number of carbonyl (C=O) groups is 3. The SMILES string of the molecule is O=C(O)/C=C/C(=O)O.O=C1c2ccccc2CN1CC1CCNC(Cc2cccn2-c2ccccc2)C1. The Morgan fingerprint density at radius 1 is 0.946 bits per heavy atom. The second-order valence-corrected chi connectivity index (χ2v) is 9.30. The number of aromatic nitrogens is 1. The molecule has 2 aromatic carbocycles. The summed E-state index contributed by atoms with van der Waals surface area (Å²) in [6, 6.07) is 23.3. The molecule has 3 N–H and O–H groups in total. The normalized spacial score (nSPS) is 18.8. The molecular formula is C29H31N3O5. The molecule has 5 rings (SSSR count). The lowest BCUT2D eigenvalue weighted by molar-refractivity contribution is -0.134. The van der Waals surface area contributed by atoms with E-state index < -0.39 is 11.9 Å². The van der Waals surface area contributed by atoms with Crippen LogP contribution < -0.4 is 5.32 Å².